The number of carboxylic acid groups (broad SMARTS) is 1. The van der Waals surface area contributed by atoms with E-state index in [0.717, 1.165) is 25.9 Å². The van der Waals surface area contributed by atoms with E-state index >= 15 is 0 Å². The van der Waals surface area contributed by atoms with Gasteiger partial charge in [-0.3, -0.25) is 0 Å². The maximum atomic E-state index is 10.3. The Hall–Kier alpha value is -1.03. The third kappa shape index (κ3) is 3.38. The van der Waals surface area contributed by atoms with E-state index in [1.54, 1.807) is 6.20 Å². The smallest absolute Gasteiger partial charge is 0.329 e. The van der Waals surface area contributed by atoms with Crippen molar-refractivity contribution in [2.45, 2.75) is 18.9 Å². The zero-order valence-electron chi connectivity index (χ0n) is 8.81. The Bertz CT molecular complexity index is 220. The average Bonchev–Trinajstić information content (AvgIpc) is 2.15. The van der Waals surface area contributed by atoms with Crippen molar-refractivity contribution in [1.82, 2.24) is 9.80 Å². The summed E-state index contributed by atoms with van der Waals surface area (Å²) in [6.07, 6.45) is 5.06. The SMILES string of the molecule is CN1CCC(N(C)C=CC(=O)O)CC1. The van der Waals surface area contributed by atoms with Crippen LogP contribution in [0.5, 0.6) is 0 Å². The molecular formula is C10H18N2O2. The van der Waals surface area contributed by atoms with Gasteiger partial charge in [-0.15, -0.1) is 0 Å². The van der Waals surface area contributed by atoms with Crippen LogP contribution >= 0.6 is 0 Å². The third-order valence-corrected chi connectivity index (χ3v) is 2.72. The van der Waals surface area contributed by atoms with Crippen molar-refractivity contribution >= 4 is 5.97 Å². The van der Waals surface area contributed by atoms with Crippen LogP contribution in [0.15, 0.2) is 12.3 Å². The minimum Gasteiger partial charge on any atom is -0.478 e. The summed E-state index contributed by atoms with van der Waals surface area (Å²) in [5.74, 6) is -0.884. The first kappa shape index (κ1) is 11.0. The number of nitrogens with zero attached hydrogens (tertiary/aromatic N) is 2. The van der Waals surface area contributed by atoms with Crippen LogP contribution in [0.2, 0.25) is 0 Å². The molecule has 0 atom stereocenters. The summed E-state index contributed by atoms with van der Waals surface area (Å²) in [5, 5.41) is 8.48. The van der Waals surface area contributed by atoms with Crippen LogP contribution in [0.4, 0.5) is 0 Å². The predicted molar refractivity (Wildman–Crippen MR) is 55.1 cm³/mol. The van der Waals surface area contributed by atoms with E-state index in [-0.39, 0.29) is 0 Å². The molecule has 0 aromatic rings. The molecule has 1 aliphatic heterocycles. The van der Waals surface area contributed by atoms with E-state index in [0.29, 0.717) is 6.04 Å². The third-order valence-electron chi connectivity index (χ3n) is 2.72. The van der Waals surface area contributed by atoms with Gasteiger partial charge in [0.25, 0.3) is 0 Å². The number of hydrogen-bond acceptors (Lipinski definition) is 3. The fourth-order valence-corrected chi connectivity index (χ4v) is 1.71. The molecule has 0 spiro atoms. The first-order chi connectivity index (χ1) is 6.59. The van der Waals surface area contributed by atoms with Gasteiger partial charge in [-0.1, -0.05) is 0 Å². The molecule has 0 aliphatic carbocycles. The number of rotatable bonds is 3. The van der Waals surface area contributed by atoms with Crippen LogP contribution in [-0.4, -0.2) is 54.1 Å². The fourth-order valence-electron chi connectivity index (χ4n) is 1.71. The maximum absolute atomic E-state index is 10.3. The molecule has 1 rings (SSSR count). The summed E-state index contributed by atoms with van der Waals surface area (Å²) in [6, 6.07) is 0.488. The Morgan fingerprint density at radius 3 is 2.57 bits per heavy atom. The summed E-state index contributed by atoms with van der Waals surface area (Å²) in [6.45, 7) is 2.19. The van der Waals surface area contributed by atoms with Gasteiger partial charge in [0.15, 0.2) is 0 Å². The first-order valence-corrected chi connectivity index (χ1v) is 4.91. The highest BCUT2D eigenvalue weighted by molar-refractivity contribution is 5.79. The molecule has 0 amide bonds. The molecule has 0 radical (unpaired) electrons. The molecule has 4 nitrogen and oxygen atoms in total. The van der Waals surface area contributed by atoms with E-state index in [9.17, 15) is 4.79 Å². The van der Waals surface area contributed by atoms with Crippen molar-refractivity contribution in [2.24, 2.45) is 0 Å². The monoisotopic (exact) mass is 198 g/mol. The van der Waals surface area contributed by atoms with E-state index in [1.807, 2.05) is 11.9 Å². The second-order valence-electron chi connectivity index (χ2n) is 3.85. The number of piperidine rings is 1. The molecule has 0 aromatic heterocycles. The maximum Gasteiger partial charge on any atom is 0.329 e. The average molecular weight is 198 g/mol. The zero-order chi connectivity index (χ0) is 10.6. The molecule has 0 saturated carbocycles. The van der Waals surface area contributed by atoms with Gasteiger partial charge in [0.2, 0.25) is 0 Å². The van der Waals surface area contributed by atoms with Crippen LogP contribution in [0, 0.1) is 0 Å². The van der Waals surface area contributed by atoms with Gasteiger partial charge in [-0.05, 0) is 33.0 Å². The summed E-state index contributed by atoms with van der Waals surface area (Å²) in [4.78, 5) is 14.6. The molecule has 4 heteroatoms. The van der Waals surface area contributed by atoms with Crippen LogP contribution in [0.1, 0.15) is 12.8 Å². The Morgan fingerprint density at radius 2 is 2.07 bits per heavy atom. The topological polar surface area (TPSA) is 43.8 Å². The lowest BCUT2D eigenvalue weighted by Crippen LogP contribution is -2.39. The lowest BCUT2D eigenvalue weighted by molar-refractivity contribution is -0.131. The molecule has 1 N–H and O–H groups in total. The molecule has 1 heterocycles. The molecule has 1 fully saturated rings. The lowest BCUT2D eigenvalue weighted by Gasteiger charge is -2.34. The summed E-state index contributed by atoms with van der Waals surface area (Å²) in [7, 11) is 4.05. The molecule has 0 unspecified atom stereocenters. The van der Waals surface area contributed by atoms with Crippen LogP contribution in [0.25, 0.3) is 0 Å². The highest BCUT2D eigenvalue weighted by atomic mass is 16.4. The van der Waals surface area contributed by atoms with Crippen molar-refractivity contribution in [2.75, 3.05) is 27.2 Å². The Labute approximate surface area is 84.8 Å². The Kier molecular flexibility index (Phi) is 3.95. The number of aliphatic carboxylic acids is 1. The Morgan fingerprint density at radius 1 is 1.50 bits per heavy atom. The van der Waals surface area contributed by atoms with Gasteiger partial charge < -0.3 is 14.9 Å². The minimum absolute atomic E-state index is 0.488. The molecule has 14 heavy (non-hydrogen) atoms. The Balaban J connectivity index is 2.37. The van der Waals surface area contributed by atoms with Crippen LogP contribution < -0.4 is 0 Å². The van der Waals surface area contributed by atoms with E-state index in [1.165, 1.54) is 6.08 Å². The van der Waals surface area contributed by atoms with E-state index in [4.69, 9.17) is 5.11 Å². The standard InChI is InChI=1S/C10H18N2O2/c1-11-6-3-9(4-7-11)12(2)8-5-10(13)14/h5,8-9H,3-4,6-7H2,1-2H3,(H,13,14). The minimum atomic E-state index is -0.884. The van der Waals surface area contributed by atoms with Gasteiger partial charge in [0, 0.05) is 25.4 Å². The highest BCUT2D eigenvalue weighted by Gasteiger charge is 2.18. The van der Waals surface area contributed by atoms with Gasteiger partial charge >= 0.3 is 5.97 Å². The van der Waals surface area contributed by atoms with Gasteiger partial charge in [0.05, 0.1) is 0 Å². The van der Waals surface area contributed by atoms with Gasteiger partial charge in [-0.2, -0.15) is 0 Å². The molecule has 0 bridgehead atoms. The molecular weight excluding hydrogens is 180 g/mol. The predicted octanol–water partition coefficient (Wildman–Crippen LogP) is 0.611. The number of likely N-dealkylation sites (tertiary alicyclic amines) is 1. The van der Waals surface area contributed by atoms with E-state index < -0.39 is 5.97 Å². The largest absolute Gasteiger partial charge is 0.478 e. The van der Waals surface area contributed by atoms with E-state index in [2.05, 4.69) is 11.9 Å². The van der Waals surface area contributed by atoms with Gasteiger partial charge in [0.1, 0.15) is 0 Å². The number of carbonyl (C=O) groups is 1. The summed E-state index contributed by atoms with van der Waals surface area (Å²) >= 11 is 0. The molecule has 80 valence electrons. The summed E-state index contributed by atoms with van der Waals surface area (Å²) in [5.41, 5.74) is 0. The van der Waals surface area contributed by atoms with Crippen molar-refractivity contribution < 1.29 is 9.90 Å². The molecule has 1 saturated heterocycles. The zero-order valence-corrected chi connectivity index (χ0v) is 8.81. The number of hydrogen-bond donors (Lipinski definition) is 1. The summed E-state index contributed by atoms with van der Waals surface area (Å²) < 4.78 is 0. The number of carboxylic acids is 1. The molecule has 1 aliphatic rings. The molecule has 0 aromatic carbocycles. The van der Waals surface area contributed by atoms with Crippen molar-refractivity contribution in [3.63, 3.8) is 0 Å². The van der Waals surface area contributed by atoms with Crippen LogP contribution in [0.3, 0.4) is 0 Å². The quantitative estimate of drug-likeness (QED) is 0.675. The first-order valence-electron chi connectivity index (χ1n) is 4.91. The van der Waals surface area contributed by atoms with Crippen LogP contribution in [-0.2, 0) is 4.79 Å². The second-order valence-corrected chi connectivity index (χ2v) is 3.85. The highest BCUT2D eigenvalue weighted by Crippen LogP contribution is 2.13. The second kappa shape index (κ2) is 5.00. The lowest BCUT2D eigenvalue weighted by atomic mass is 10.0. The van der Waals surface area contributed by atoms with Crippen molar-refractivity contribution in [1.29, 1.82) is 0 Å². The van der Waals surface area contributed by atoms with Crippen molar-refractivity contribution in [3.05, 3.63) is 12.3 Å². The fraction of sp³-hybridized carbons (Fsp3) is 0.700. The normalized spacial score (nSPS) is 20.1. The van der Waals surface area contributed by atoms with Gasteiger partial charge in [-0.25, -0.2) is 4.79 Å². The van der Waals surface area contributed by atoms with Crippen molar-refractivity contribution in [3.8, 4) is 0 Å².